The van der Waals surface area contributed by atoms with Gasteiger partial charge in [0.05, 0.1) is 0 Å². The standard InChI is InChI=1S/C18H20FN/c19-17-10-8-16(9-11-17)15-5-4-13-20(14-12-15)18-6-2-1-3-7-18/h1-3,6-11,15H,4-5,12-14H2. The van der Waals surface area contributed by atoms with Gasteiger partial charge in [0.2, 0.25) is 0 Å². The summed E-state index contributed by atoms with van der Waals surface area (Å²) in [4.78, 5) is 2.46. The van der Waals surface area contributed by atoms with E-state index in [1.54, 1.807) is 12.1 Å². The molecule has 1 unspecified atom stereocenters. The Morgan fingerprint density at radius 2 is 1.60 bits per heavy atom. The number of anilines is 1. The molecule has 0 amide bonds. The number of rotatable bonds is 2. The van der Waals surface area contributed by atoms with Crippen LogP contribution in [0.2, 0.25) is 0 Å². The van der Waals surface area contributed by atoms with Crippen molar-refractivity contribution in [1.29, 1.82) is 0 Å². The summed E-state index contributed by atoms with van der Waals surface area (Å²) in [5.74, 6) is 0.414. The van der Waals surface area contributed by atoms with Crippen molar-refractivity contribution >= 4 is 5.69 Å². The lowest BCUT2D eigenvalue weighted by molar-refractivity contribution is 0.602. The Hall–Kier alpha value is -1.83. The first kappa shape index (κ1) is 13.2. The van der Waals surface area contributed by atoms with Gasteiger partial charge in [-0.15, -0.1) is 0 Å². The van der Waals surface area contributed by atoms with Gasteiger partial charge in [0.1, 0.15) is 5.82 Å². The summed E-state index contributed by atoms with van der Waals surface area (Å²) in [5.41, 5.74) is 2.59. The number of para-hydroxylation sites is 1. The lowest BCUT2D eigenvalue weighted by atomic mass is 9.92. The Bertz CT molecular complexity index is 535. The quantitative estimate of drug-likeness (QED) is 0.770. The Kier molecular flexibility index (Phi) is 4.00. The van der Waals surface area contributed by atoms with Gasteiger partial charge in [-0.2, -0.15) is 0 Å². The second-order valence-electron chi connectivity index (χ2n) is 5.50. The first-order valence-electron chi connectivity index (χ1n) is 7.38. The molecule has 0 N–H and O–H groups in total. The highest BCUT2D eigenvalue weighted by Gasteiger charge is 2.18. The van der Waals surface area contributed by atoms with E-state index in [0.29, 0.717) is 5.92 Å². The molecule has 3 rings (SSSR count). The van der Waals surface area contributed by atoms with Gasteiger partial charge < -0.3 is 4.90 Å². The molecule has 1 heterocycles. The average molecular weight is 269 g/mol. The Morgan fingerprint density at radius 3 is 2.35 bits per heavy atom. The van der Waals surface area contributed by atoms with Crippen molar-refractivity contribution in [3.63, 3.8) is 0 Å². The SMILES string of the molecule is Fc1ccc(C2CCCN(c3ccccc3)CC2)cc1. The molecule has 104 valence electrons. The average Bonchev–Trinajstić information content (AvgIpc) is 2.75. The van der Waals surface area contributed by atoms with E-state index in [4.69, 9.17) is 0 Å². The predicted molar refractivity (Wildman–Crippen MR) is 81.6 cm³/mol. The molecular weight excluding hydrogens is 249 g/mol. The van der Waals surface area contributed by atoms with Crippen molar-refractivity contribution in [3.8, 4) is 0 Å². The zero-order chi connectivity index (χ0) is 13.8. The van der Waals surface area contributed by atoms with Crippen molar-refractivity contribution < 1.29 is 4.39 Å². The molecule has 0 bridgehead atoms. The molecule has 1 atom stereocenters. The van der Waals surface area contributed by atoms with Crippen molar-refractivity contribution in [2.45, 2.75) is 25.2 Å². The molecule has 1 aliphatic rings. The second kappa shape index (κ2) is 6.08. The van der Waals surface area contributed by atoms with E-state index in [0.717, 1.165) is 19.5 Å². The van der Waals surface area contributed by atoms with Gasteiger partial charge in [0, 0.05) is 18.8 Å². The molecule has 20 heavy (non-hydrogen) atoms. The fraction of sp³-hybridized carbons (Fsp3) is 0.333. The highest BCUT2D eigenvalue weighted by atomic mass is 19.1. The van der Waals surface area contributed by atoms with E-state index in [1.807, 2.05) is 12.1 Å². The highest BCUT2D eigenvalue weighted by Crippen LogP contribution is 2.29. The summed E-state index contributed by atoms with van der Waals surface area (Å²) in [5, 5.41) is 0. The zero-order valence-corrected chi connectivity index (χ0v) is 11.6. The lowest BCUT2D eigenvalue weighted by Crippen LogP contribution is -2.23. The molecule has 0 spiro atoms. The van der Waals surface area contributed by atoms with E-state index in [1.165, 1.54) is 24.1 Å². The van der Waals surface area contributed by atoms with Crippen molar-refractivity contribution in [2.75, 3.05) is 18.0 Å². The fourth-order valence-corrected chi connectivity index (χ4v) is 3.06. The molecule has 2 aromatic carbocycles. The molecule has 1 saturated heterocycles. The summed E-state index contributed by atoms with van der Waals surface area (Å²) in [6.45, 7) is 2.19. The number of halogens is 1. The van der Waals surface area contributed by atoms with E-state index < -0.39 is 0 Å². The maximum absolute atomic E-state index is 13.0. The molecule has 2 aromatic rings. The summed E-state index contributed by atoms with van der Waals surface area (Å²) in [6, 6.07) is 17.6. The van der Waals surface area contributed by atoms with Crippen LogP contribution in [0.1, 0.15) is 30.7 Å². The van der Waals surface area contributed by atoms with Crippen LogP contribution < -0.4 is 4.90 Å². The number of hydrogen-bond donors (Lipinski definition) is 0. The first-order chi connectivity index (χ1) is 9.83. The van der Waals surface area contributed by atoms with Crippen LogP contribution in [0, 0.1) is 5.82 Å². The predicted octanol–water partition coefficient (Wildman–Crippen LogP) is 4.60. The molecule has 1 fully saturated rings. The summed E-state index contributed by atoms with van der Waals surface area (Å²) in [6.07, 6.45) is 3.52. The monoisotopic (exact) mass is 269 g/mol. The molecular formula is C18H20FN. The van der Waals surface area contributed by atoms with E-state index in [-0.39, 0.29) is 5.82 Å². The first-order valence-corrected chi connectivity index (χ1v) is 7.38. The third-order valence-corrected chi connectivity index (χ3v) is 4.19. The van der Waals surface area contributed by atoms with Gasteiger partial charge >= 0.3 is 0 Å². The fourth-order valence-electron chi connectivity index (χ4n) is 3.06. The molecule has 0 saturated carbocycles. The third kappa shape index (κ3) is 3.01. The van der Waals surface area contributed by atoms with Crippen LogP contribution in [0.4, 0.5) is 10.1 Å². The Balaban J connectivity index is 1.69. The molecule has 1 nitrogen and oxygen atoms in total. The molecule has 1 aliphatic heterocycles. The van der Waals surface area contributed by atoms with E-state index >= 15 is 0 Å². The summed E-state index contributed by atoms with van der Waals surface area (Å²) in [7, 11) is 0. The van der Waals surface area contributed by atoms with Crippen LogP contribution in [0.25, 0.3) is 0 Å². The number of benzene rings is 2. The minimum Gasteiger partial charge on any atom is -0.372 e. The van der Waals surface area contributed by atoms with Crippen LogP contribution in [-0.2, 0) is 0 Å². The van der Waals surface area contributed by atoms with Crippen molar-refractivity contribution in [1.82, 2.24) is 0 Å². The largest absolute Gasteiger partial charge is 0.372 e. The van der Waals surface area contributed by atoms with E-state index in [2.05, 4.69) is 35.2 Å². The van der Waals surface area contributed by atoms with Gasteiger partial charge in [-0.25, -0.2) is 4.39 Å². The van der Waals surface area contributed by atoms with Crippen LogP contribution >= 0.6 is 0 Å². The maximum atomic E-state index is 13.0. The van der Waals surface area contributed by atoms with Crippen LogP contribution in [0.3, 0.4) is 0 Å². The van der Waals surface area contributed by atoms with Gasteiger partial charge in [0.25, 0.3) is 0 Å². The smallest absolute Gasteiger partial charge is 0.123 e. The van der Waals surface area contributed by atoms with Gasteiger partial charge in [-0.05, 0) is 55.0 Å². The lowest BCUT2D eigenvalue weighted by Gasteiger charge is -2.22. The highest BCUT2D eigenvalue weighted by molar-refractivity contribution is 5.46. The number of nitrogens with zero attached hydrogens (tertiary/aromatic N) is 1. The Morgan fingerprint density at radius 1 is 0.850 bits per heavy atom. The second-order valence-corrected chi connectivity index (χ2v) is 5.50. The van der Waals surface area contributed by atoms with Crippen LogP contribution in [0.15, 0.2) is 54.6 Å². The molecule has 2 heteroatoms. The van der Waals surface area contributed by atoms with Crippen LogP contribution in [0.5, 0.6) is 0 Å². The molecule has 0 aromatic heterocycles. The third-order valence-electron chi connectivity index (χ3n) is 4.19. The zero-order valence-electron chi connectivity index (χ0n) is 11.6. The topological polar surface area (TPSA) is 3.24 Å². The summed E-state index contributed by atoms with van der Waals surface area (Å²) < 4.78 is 13.0. The Labute approximate surface area is 120 Å². The van der Waals surface area contributed by atoms with Gasteiger partial charge in [0.15, 0.2) is 0 Å². The van der Waals surface area contributed by atoms with Gasteiger partial charge in [-0.1, -0.05) is 30.3 Å². The normalized spacial score (nSPS) is 19.6. The van der Waals surface area contributed by atoms with Gasteiger partial charge in [-0.3, -0.25) is 0 Å². The minimum absolute atomic E-state index is 0.145. The van der Waals surface area contributed by atoms with E-state index in [9.17, 15) is 4.39 Å². The molecule has 0 radical (unpaired) electrons. The van der Waals surface area contributed by atoms with Crippen molar-refractivity contribution in [2.24, 2.45) is 0 Å². The molecule has 0 aliphatic carbocycles. The van der Waals surface area contributed by atoms with Crippen molar-refractivity contribution in [3.05, 3.63) is 66.0 Å². The summed E-state index contributed by atoms with van der Waals surface area (Å²) >= 11 is 0. The maximum Gasteiger partial charge on any atom is 0.123 e. The van der Waals surface area contributed by atoms with Crippen LogP contribution in [-0.4, -0.2) is 13.1 Å². The minimum atomic E-state index is -0.145. The number of hydrogen-bond acceptors (Lipinski definition) is 1.